The van der Waals surface area contributed by atoms with Gasteiger partial charge >= 0.3 is 5.97 Å². The highest BCUT2D eigenvalue weighted by Crippen LogP contribution is 1.95. The first kappa shape index (κ1) is 11.4. The molecule has 0 saturated heterocycles. The molecule has 0 aromatic rings. The van der Waals surface area contributed by atoms with Crippen LogP contribution in [-0.4, -0.2) is 36.9 Å². The smallest absolute Gasteiger partial charge is 0.307 e. The van der Waals surface area contributed by atoms with E-state index in [1.165, 1.54) is 7.11 Å². The van der Waals surface area contributed by atoms with Crippen molar-refractivity contribution in [2.75, 3.05) is 13.7 Å². The van der Waals surface area contributed by atoms with Crippen LogP contribution in [0.15, 0.2) is 0 Å². The summed E-state index contributed by atoms with van der Waals surface area (Å²) in [6, 6.07) is 0.0595. The van der Waals surface area contributed by atoms with E-state index in [1.54, 1.807) is 0 Å². The lowest BCUT2D eigenvalue weighted by Gasteiger charge is -2.17. The van der Waals surface area contributed by atoms with E-state index in [-0.39, 0.29) is 31.1 Å². The van der Waals surface area contributed by atoms with E-state index in [4.69, 9.17) is 5.11 Å². The first-order valence-electron chi connectivity index (χ1n) is 4.03. The SMILES string of the molecule is COC(=O)CC(CO)NC(C)C. The van der Waals surface area contributed by atoms with Crippen LogP contribution in [0.25, 0.3) is 0 Å². The zero-order valence-electron chi connectivity index (χ0n) is 7.83. The van der Waals surface area contributed by atoms with E-state index in [9.17, 15) is 4.79 Å². The van der Waals surface area contributed by atoms with Gasteiger partial charge in [0.25, 0.3) is 0 Å². The van der Waals surface area contributed by atoms with E-state index in [0.717, 1.165) is 0 Å². The first-order valence-corrected chi connectivity index (χ1v) is 4.03. The Bertz CT molecular complexity index is 136. The topological polar surface area (TPSA) is 58.6 Å². The van der Waals surface area contributed by atoms with Crippen LogP contribution in [0.4, 0.5) is 0 Å². The molecule has 1 unspecified atom stereocenters. The number of hydrogen-bond acceptors (Lipinski definition) is 4. The summed E-state index contributed by atoms with van der Waals surface area (Å²) in [5.41, 5.74) is 0. The largest absolute Gasteiger partial charge is 0.469 e. The van der Waals surface area contributed by atoms with Gasteiger partial charge in [-0.3, -0.25) is 4.79 Å². The van der Waals surface area contributed by atoms with Gasteiger partial charge in [-0.2, -0.15) is 0 Å². The van der Waals surface area contributed by atoms with Crippen molar-refractivity contribution in [1.82, 2.24) is 5.32 Å². The molecule has 0 aliphatic heterocycles. The molecular formula is C8H17NO3. The molecule has 0 saturated carbocycles. The van der Waals surface area contributed by atoms with Crippen LogP contribution < -0.4 is 5.32 Å². The molecule has 4 heteroatoms. The van der Waals surface area contributed by atoms with Gasteiger partial charge in [0.1, 0.15) is 0 Å². The predicted octanol–water partition coefficient (Wildman–Crippen LogP) is -0.0916. The predicted molar refractivity (Wildman–Crippen MR) is 45.8 cm³/mol. The normalized spacial score (nSPS) is 13.1. The van der Waals surface area contributed by atoms with Gasteiger partial charge in [0.2, 0.25) is 0 Å². The van der Waals surface area contributed by atoms with Crippen LogP contribution in [0.1, 0.15) is 20.3 Å². The van der Waals surface area contributed by atoms with Crippen molar-refractivity contribution in [1.29, 1.82) is 0 Å². The van der Waals surface area contributed by atoms with Crippen molar-refractivity contribution >= 4 is 5.97 Å². The monoisotopic (exact) mass is 175 g/mol. The zero-order chi connectivity index (χ0) is 9.56. The van der Waals surface area contributed by atoms with E-state index in [1.807, 2.05) is 13.8 Å². The van der Waals surface area contributed by atoms with Crippen LogP contribution in [0.2, 0.25) is 0 Å². The number of ether oxygens (including phenoxy) is 1. The van der Waals surface area contributed by atoms with Gasteiger partial charge in [-0.05, 0) is 0 Å². The number of esters is 1. The molecule has 72 valence electrons. The van der Waals surface area contributed by atoms with Crippen molar-refractivity contribution in [2.45, 2.75) is 32.4 Å². The molecule has 0 amide bonds. The first-order chi connectivity index (χ1) is 5.60. The van der Waals surface area contributed by atoms with E-state index in [0.29, 0.717) is 0 Å². The maximum atomic E-state index is 10.8. The summed E-state index contributed by atoms with van der Waals surface area (Å²) in [5.74, 6) is -0.304. The lowest BCUT2D eigenvalue weighted by atomic mass is 10.2. The van der Waals surface area contributed by atoms with Gasteiger partial charge in [0, 0.05) is 12.1 Å². The fraction of sp³-hybridized carbons (Fsp3) is 0.875. The van der Waals surface area contributed by atoms with Crippen molar-refractivity contribution in [3.63, 3.8) is 0 Å². The minimum Gasteiger partial charge on any atom is -0.469 e. The number of carbonyl (C=O) groups is 1. The quantitative estimate of drug-likeness (QED) is 0.573. The molecule has 2 N–H and O–H groups in total. The molecule has 0 bridgehead atoms. The standard InChI is InChI=1S/C8H17NO3/c1-6(2)9-7(5-10)4-8(11)12-3/h6-7,9-10H,4-5H2,1-3H3. The van der Waals surface area contributed by atoms with Crippen LogP contribution in [-0.2, 0) is 9.53 Å². The summed E-state index contributed by atoms with van der Waals surface area (Å²) in [6.07, 6.45) is 0.213. The second-order valence-electron chi connectivity index (χ2n) is 2.98. The summed E-state index contributed by atoms with van der Waals surface area (Å²) in [4.78, 5) is 10.8. The van der Waals surface area contributed by atoms with Crippen molar-refractivity contribution in [2.24, 2.45) is 0 Å². The molecule has 0 rings (SSSR count). The molecule has 4 nitrogen and oxygen atoms in total. The van der Waals surface area contributed by atoms with Crippen LogP contribution in [0, 0.1) is 0 Å². The number of methoxy groups -OCH3 is 1. The molecule has 0 radical (unpaired) electrons. The van der Waals surface area contributed by atoms with Crippen molar-refractivity contribution in [3.8, 4) is 0 Å². The van der Waals surface area contributed by atoms with E-state index >= 15 is 0 Å². The summed E-state index contributed by atoms with van der Waals surface area (Å²) in [5, 5.41) is 11.9. The molecule has 0 aromatic heterocycles. The van der Waals surface area contributed by atoms with Crippen LogP contribution >= 0.6 is 0 Å². The number of nitrogens with one attached hydrogen (secondary N) is 1. The van der Waals surface area contributed by atoms with Gasteiger partial charge in [-0.25, -0.2) is 0 Å². The molecule has 0 fully saturated rings. The third-order valence-electron chi connectivity index (χ3n) is 1.43. The Hall–Kier alpha value is -0.610. The lowest BCUT2D eigenvalue weighted by Crippen LogP contribution is -2.39. The second kappa shape index (κ2) is 5.97. The maximum absolute atomic E-state index is 10.8. The molecule has 0 aliphatic carbocycles. The fourth-order valence-corrected chi connectivity index (χ4v) is 0.932. The van der Waals surface area contributed by atoms with Gasteiger partial charge in [0.15, 0.2) is 0 Å². The molecular weight excluding hydrogens is 158 g/mol. The Labute approximate surface area is 72.9 Å². The molecule has 0 spiro atoms. The van der Waals surface area contributed by atoms with Crippen molar-refractivity contribution < 1.29 is 14.6 Å². The summed E-state index contributed by atoms with van der Waals surface area (Å²) < 4.78 is 4.47. The Kier molecular flexibility index (Phi) is 5.66. The highest BCUT2D eigenvalue weighted by molar-refractivity contribution is 5.69. The highest BCUT2D eigenvalue weighted by Gasteiger charge is 2.13. The van der Waals surface area contributed by atoms with Crippen LogP contribution in [0.3, 0.4) is 0 Å². The average Bonchev–Trinajstić information content (AvgIpc) is 2.02. The minimum atomic E-state index is -0.304. The summed E-state index contributed by atoms with van der Waals surface area (Å²) in [7, 11) is 1.34. The molecule has 0 aliphatic rings. The van der Waals surface area contributed by atoms with Gasteiger partial charge in [-0.1, -0.05) is 13.8 Å². The fourth-order valence-electron chi connectivity index (χ4n) is 0.932. The lowest BCUT2D eigenvalue weighted by molar-refractivity contribution is -0.141. The number of carbonyl (C=O) groups excluding carboxylic acids is 1. The van der Waals surface area contributed by atoms with Gasteiger partial charge in [0.05, 0.1) is 20.1 Å². The third-order valence-corrected chi connectivity index (χ3v) is 1.43. The average molecular weight is 175 g/mol. The minimum absolute atomic E-state index is 0.0483. The zero-order valence-corrected chi connectivity index (χ0v) is 7.83. The Morgan fingerprint density at radius 2 is 2.17 bits per heavy atom. The highest BCUT2D eigenvalue weighted by atomic mass is 16.5. The molecule has 1 atom stereocenters. The number of rotatable bonds is 5. The number of aliphatic hydroxyl groups excluding tert-OH is 1. The third kappa shape index (κ3) is 5.09. The van der Waals surface area contributed by atoms with E-state index in [2.05, 4.69) is 10.1 Å². The Morgan fingerprint density at radius 1 is 1.58 bits per heavy atom. The second-order valence-corrected chi connectivity index (χ2v) is 2.98. The maximum Gasteiger partial charge on any atom is 0.307 e. The van der Waals surface area contributed by atoms with Gasteiger partial charge in [-0.15, -0.1) is 0 Å². The van der Waals surface area contributed by atoms with E-state index < -0.39 is 0 Å². The summed E-state index contributed by atoms with van der Waals surface area (Å²) in [6.45, 7) is 3.87. The van der Waals surface area contributed by atoms with Crippen molar-refractivity contribution in [3.05, 3.63) is 0 Å². The number of aliphatic hydroxyl groups is 1. The summed E-state index contributed by atoms with van der Waals surface area (Å²) >= 11 is 0. The van der Waals surface area contributed by atoms with Crippen LogP contribution in [0.5, 0.6) is 0 Å². The molecule has 12 heavy (non-hydrogen) atoms. The molecule has 0 heterocycles. The number of hydrogen-bond donors (Lipinski definition) is 2. The Balaban J connectivity index is 3.74. The Morgan fingerprint density at radius 3 is 2.50 bits per heavy atom. The van der Waals surface area contributed by atoms with Gasteiger partial charge < -0.3 is 15.2 Å². The molecule has 0 aromatic carbocycles.